The summed E-state index contributed by atoms with van der Waals surface area (Å²) in [4.78, 5) is 23.3. The van der Waals surface area contributed by atoms with Gasteiger partial charge in [-0.25, -0.2) is 10.2 Å². The Labute approximate surface area is 150 Å². The van der Waals surface area contributed by atoms with E-state index in [1.807, 2.05) is 30.3 Å². The minimum Gasteiger partial charge on any atom is -0.504 e. The van der Waals surface area contributed by atoms with E-state index in [0.717, 1.165) is 5.56 Å². The molecule has 0 saturated carbocycles. The molecule has 8 heteroatoms. The Morgan fingerprint density at radius 3 is 2.65 bits per heavy atom. The first-order valence-corrected chi connectivity index (χ1v) is 7.83. The maximum absolute atomic E-state index is 11.7. The van der Waals surface area contributed by atoms with E-state index < -0.39 is 11.9 Å². The van der Waals surface area contributed by atoms with Crippen LogP contribution in [0.15, 0.2) is 53.6 Å². The first-order valence-electron chi connectivity index (χ1n) is 7.83. The third-order valence-corrected chi connectivity index (χ3v) is 3.31. The molecule has 0 radical (unpaired) electrons. The number of ether oxygens (including phenoxy) is 1. The van der Waals surface area contributed by atoms with Crippen LogP contribution in [0.5, 0.6) is 11.5 Å². The maximum Gasteiger partial charge on any atom is 0.315 e. The van der Waals surface area contributed by atoms with Crippen molar-refractivity contribution in [1.82, 2.24) is 16.1 Å². The number of hydrogen-bond acceptors (Lipinski definition) is 5. The number of nitrogens with one attached hydrogen (secondary N) is 3. The molecule has 2 aromatic rings. The number of phenolic OH excluding ortho intramolecular Hbond substituents is 1. The molecule has 0 aliphatic heterocycles. The van der Waals surface area contributed by atoms with Crippen molar-refractivity contribution < 1.29 is 19.4 Å². The Bertz CT molecular complexity index is 778. The van der Waals surface area contributed by atoms with Crippen LogP contribution >= 0.6 is 0 Å². The Balaban J connectivity index is 1.70. The smallest absolute Gasteiger partial charge is 0.315 e. The molecule has 0 unspecified atom stereocenters. The standard InChI is InChI=1S/C18H20N4O4/c1-26-16-9-14(7-8-15(16)23)11-21-22-17(24)12-20-18(25)19-10-13-5-3-2-4-6-13/h2-9,11,23H,10,12H2,1H3,(H,22,24)(H2,19,20,25)/b21-11+. The van der Waals surface area contributed by atoms with Gasteiger partial charge in [-0.3, -0.25) is 4.79 Å². The summed E-state index contributed by atoms with van der Waals surface area (Å²) in [5.74, 6) is -0.154. The van der Waals surface area contributed by atoms with Crippen LogP contribution in [0.2, 0.25) is 0 Å². The van der Waals surface area contributed by atoms with Gasteiger partial charge in [-0.2, -0.15) is 5.10 Å². The average Bonchev–Trinajstić information content (AvgIpc) is 2.66. The molecule has 0 saturated heterocycles. The van der Waals surface area contributed by atoms with Crippen molar-refractivity contribution in [2.75, 3.05) is 13.7 Å². The normalized spacial score (nSPS) is 10.3. The number of nitrogens with zero attached hydrogens (tertiary/aromatic N) is 1. The molecule has 26 heavy (non-hydrogen) atoms. The first kappa shape index (κ1) is 18.8. The number of hydrogen-bond donors (Lipinski definition) is 4. The van der Waals surface area contributed by atoms with Crippen LogP contribution in [0.4, 0.5) is 4.79 Å². The van der Waals surface area contributed by atoms with Gasteiger partial charge in [0.1, 0.15) is 6.54 Å². The summed E-state index contributed by atoms with van der Waals surface area (Å²) in [6.45, 7) is 0.159. The summed E-state index contributed by atoms with van der Waals surface area (Å²) in [6, 6.07) is 13.6. The highest BCUT2D eigenvalue weighted by molar-refractivity contribution is 5.86. The number of phenols is 1. The number of carbonyl (C=O) groups is 2. The summed E-state index contributed by atoms with van der Waals surface area (Å²) in [5.41, 5.74) is 3.89. The van der Waals surface area contributed by atoms with Crippen LogP contribution in [0, 0.1) is 0 Å². The summed E-state index contributed by atoms with van der Waals surface area (Å²) in [5, 5.41) is 18.4. The van der Waals surface area contributed by atoms with E-state index in [4.69, 9.17) is 4.74 Å². The number of urea groups is 1. The zero-order chi connectivity index (χ0) is 18.8. The van der Waals surface area contributed by atoms with E-state index >= 15 is 0 Å². The van der Waals surface area contributed by atoms with Gasteiger partial charge in [0.05, 0.1) is 13.3 Å². The summed E-state index contributed by atoms with van der Waals surface area (Å²) >= 11 is 0. The van der Waals surface area contributed by atoms with Crippen molar-refractivity contribution >= 4 is 18.2 Å². The van der Waals surface area contributed by atoms with Crippen LogP contribution in [-0.2, 0) is 11.3 Å². The minimum absolute atomic E-state index is 0.0133. The Hall–Kier alpha value is -3.55. The molecule has 0 heterocycles. The molecule has 0 aliphatic rings. The van der Waals surface area contributed by atoms with Gasteiger partial charge in [0.15, 0.2) is 11.5 Å². The molecule has 0 aliphatic carbocycles. The van der Waals surface area contributed by atoms with Crippen molar-refractivity contribution in [2.24, 2.45) is 5.10 Å². The number of methoxy groups -OCH3 is 1. The molecule has 0 spiro atoms. The lowest BCUT2D eigenvalue weighted by Crippen LogP contribution is -2.40. The largest absolute Gasteiger partial charge is 0.504 e. The number of amides is 3. The van der Waals surface area contributed by atoms with E-state index in [9.17, 15) is 14.7 Å². The Morgan fingerprint density at radius 2 is 1.92 bits per heavy atom. The third-order valence-electron chi connectivity index (χ3n) is 3.31. The number of benzene rings is 2. The molecule has 2 rings (SSSR count). The maximum atomic E-state index is 11.7. The highest BCUT2D eigenvalue weighted by Crippen LogP contribution is 2.25. The van der Waals surface area contributed by atoms with Gasteiger partial charge in [-0.05, 0) is 29.3 Å². The van der Waals surface area contributed by atoms with Crippen molar-refractivity contribution in [3.63, 3.8) is 0 Å². The van der Waals surface area contributed by atoms with Gasteiger partial charge in [-0.15, -0.1) is 0 Å². The molecule has 8 nitrogen and oxygen atoms in total. The van der Waals surface area contributed by atoms with Gasteiger partial charge in [0, 0.05) is 6.54 Å². The topological polar surface area (TPSA) is 112 Å². The van der Waals surface area contributed by atoms with Crippen LogP contribution in [0.25, 0.3) is 0 Å². The fourth-order valence-electron chi connectivity index (χ4n) is 1.99. The van der Waals surface area contributed by atoms with Crippen LogP contribution in [0.3, 0.4) is 0 Å². The molecule has 4 N–H and O–H groups in total. The van der Waals surface area contributed by atoms with E-state index in [1.165, 1.54) is 19.4 Å². The lowest BCUT2D eigenvalue weighted by molar-refractivity contribution is -0.120. The van der Waals surface area contributed by atoms with Gasteiger partial charge < -0.3 is 20.5 Å². The lowest BCUT2D eigenvalue weighted by atomic mass is 10.2. The molecule has 0 bridgehead atoms. The zero-order valence-corrected chi connectivity index (χ0v) is 14.2. The summed E-state index contributed by atoms with van der Waals surface area (Å²) in [7, 11) is 1.44. The van der Waals surface area contributed by atoms with E-state index in [-0.39, 0.29) is 12.3 Å². The molecule has 2 aromatic carbocycles. The van der Waals surface area contributed by atoms with E-state index in [2.05, 4.69) is 21.2 Å². The number of aromatic hydroxyl groups is 1. The molecule has 0 atom stereocenters. The minimum atomic E-state index is -0.471. The highest BCUT2D eigenvalue weighted by Gasteiger charge is 2.04. The van der Waals surface area contributed by atoms with Gasteiger partial charge >= 0.3 is 6.03 Å². The number of hydrazone groups is 1. The summed E-state index contributed by atoms with van der Waals surface area (Å²) < 4.78 is 4.98. The summed E-state index contributed by atoms with van der Waals surface area (Å²) in [6.07, 6.45) is 1.40. The molecule has 136 valence electrons. The van der Waals surface area contributed by atoms with Gasteiger partial charge in [-0.1, -0.05) is 30.3 Å². The first-order chi connectivity index (χ1) is 12.6. The van der Waals surface area contributed by atoms with Gasteiger partial charge in [0.25, 0.3) is 5.91 Å². The molecule has 3 amide bonds. The fourth-order valence-corrected chi connectivity index (χ4v) is 1.99. The quantitative estimate of drug-likeness (QED) is 0.443. The van der Waals surface area contributed by atoms with Crippen LogP contribution in [0.1, 0.15) is 11.1 Å². The average molecular weight is 356 g/mol. The van der Waals surface area contributed by atoms with Gasteiger partial charge in [0.2, 0.25) is 0 Å². The van der Waals surface area contributed by atoms with E-state index in [0.29, 0.717) is 17.9 Å². The Kier molecular flexibility index (Phi) is 6.99. The number of rotatable bonds is 7. The van der Waals surface area contributed by atoms with Crippen LogP contribution < -0.4 is 20.8 Å². The fraction of sp³-hybridized carbons (Fsp3) is 0.167. The van der Waals surface area contributed by atoms with Crippen LogP contribution in [-0.4, -0.2) is 36.9 Å². The predicted octanol–water partition coefficient (Wildman–Crippen LogP) is 1.35. The number of carbonyl (C=O) groups excluding carboxylic acids is 2. The van der Waals surface area contributed by atoms with Crippen molar-refractivity contribution in [3.8, 4) is 11.5 Å². The second-order valence-electron chi connectivity index (χ2n) is 5.25. The second kappa shape index (κ2) is 9.67. The third kappa shape index (κ3) is 6.16. The predicted molar refractivity (Wildman–Crippen MR) is 97.1 cm³/mol. The van der Waals surface area contributed by atoms with Crippen molar-refractivity contribution in [1.29, 1.82) is 0 Å². The lowest BCUT2D eigenvalue weighted by Gasteiger charge is -2.07. The molecule has 0 fully saturated rings. The highest BCUT2D eigenvalue weighted by atomic mass is 16.5. The van der Waals surface area contributed by atoms with E-state index in [1.54, 1.807) is 12.1 Å². The van der Waals surface area contributed by atoms with Crippen molar-refractivity contribution in [2.45, 2.75) is 6.54 Å². The second-order valence-corrected chi connectivity index (χ2v) is 5.25. The molecule has 0 aromatic heterocycles. The zero-order valence-electron chi connectivity index (χ0n) is 14.2. The monoisotopic (exact) mass is 356 g/mol. The Morgan fingerprint density at radius 1 is 1.15 bits per heavy atom. The SMILES string of the molecule is COc1cc(/C=N/NC(=O)CNC(=O)NCc2ccccc2)ccc1O. The molecular weight excluding hydrogens is 336 g/mol. The molecular formula is C18H20N4O4. The van der Waals surface area contributed by atoms with Crippen molar-refractivity contribution in [3.05, 3.63) is 59.7 Å².